The smallest absolute Gasteiger partial charge is 0.328 e. The van der Waals surface area contributed by atoms with E-state index in [1.165, 1.54) is 4.90 Å². The van der Waals surface area contributed by atoms with Crippen LogP contribution in [0.5, 0.6) is 0 Å². The molecular formula is C11H19NO4. The van der Waals surface area contributed by atoms with Crippen LogP contribution in [0.3, 0.4) is 0 Å². The van der Waals surface area contributed by atoms with Gasteiger partial charge in [0.25, 0.3) is 0 Å². The van der Waals surface area contributed by atoms with Crippen molar-refractivity contribution in [3.8, 4) is 0 Å². The molecule has 1 saturated heterocycles. The van der Waals surface area contributed by atoms with Gasteiger partial charge in [-0.3, -0.25) is 4.79 Å². The van der Waals surface area contributed by atoms with E-state index in [1.807, 2.05) is 20.8 Å². The molecule has 0 saturated carbocycles. The molecule has 0 spiro atoms. The van der Waals surface area contributed by atoms with Gasteiger partial charge in [-0.25, -0.2) is 4.79 Å². The molecule has 92 valence electrons. The predicted octanol–water partition coefficient (Wildman–Crippen LogP) is 0.591. The summed E-state index contributed by atoms with van der Waals surface area (Å²) in [6, 6.07) is -0.831. The first kappa shape index (κ1) is 13.0. The van der Waals surface area contributed by atoms with E-state index < -0.39 is 12.0 Å². The van der Waals surface area contributed by atoms with E-state index >= 15 is 0 Å². The summed E-state index contributed by atoms with van der Waals surface area (Å²) in [7, 11) is 0. The van der Waals surface area contributed by atoms with Crippen molar-refractivity contribution in [1.82, 2.24) is 4.90 Å². The van der Waals surface area contributed by atoms with Crippen molar-refractivity contribution in [3.63, 3.8) is 0 Å². The molecule has 5 nitrogen and oxygen atoms in total. The lowest BCUT2D eigenvalue weighted by Crippen LogP contribution is -2.54. The van der Waals surface area contributed by atoms with Crippen molar-refractivity contribution in [2.45, 2.75) is 26.8 Å². The first-order valence-corrected chi connectivity index (χ1v) is 5.56. The third-order valence-electron chi connectivity index (χ3n) is 3.09. The van der Waals surface area contributed by atoms with Gasteiger partial charge in [-0.15, -0.1) is 0 Å². The van der Waals surface area contributed by atoms with Gasteiger partial charge in [0, 0.05) is 12.5 Å². The number of ether oxygens (including phenoxy) is 1. The minimum Gasteiger partial charge on any atom is -0.480 e. The first-order chi connectivity index (χ1) is 7.45. The van der Waals surface area contributed by atoms with Gasteiger partial charge in [-0.1, -0.05) is 20.8 Å². The maximum absolute atomic E-state index is 12.1. The summed E-state index contributed by atoms with van der Waals surface area (Å²) >= 11 is 0. The Kier molecular flexibility index (Phi) is 4.29. The lowest BCUT2D eigenvalue weighted by molar-refractivity contribution is -0.160. The minimum absolute atomic E-state index is 0.0892. The summed E-state index contributed by atoms with van der Waals surface area (Å²) in [5.74, 6) is -1.03. The fraction of sp³-hybridized carbons (Fsp3) is 0.818. The van der Waals surface area contributed by atoms with E-state index in [0.717, 1.165) is 0 Å². The van der Waals surface area contributed by atoms with Crippen molar-refractivity contribution in [1.29, 1.82) is 0 Å². The van der Waals surface area contributed by atoms with Gasteiger partial charge in [0.15, 0.2) is 6.04 Å². The number of carbonyl (C=O) groups excluding carboxylic acids is 1. The van der Waals surface area contributed by atoms with Gasteiger partial charge in [0.2, 0.25) is 5.91 Å². The van der Waals surface area contributed by atoms with Gasteiger partial charge in [-0.2, -0.15) is 0 Å². The topological polar surface area (TPSA) is 66.8 Å². The molecule has 1 rings (SSSR count). The van der Waals surface area contributed by atoms with E-state index in [1.54, 1.807) is 0 Å². The Balaban J connectivity index is 2.75. The quantitative estimate of drug-likeness (QED) is 0.769. The average molecular weight is 229 g/mol. The Labute approximate surface area is 95.4 Å². The highest BCUT2D eigenvalue weighted by Crippen LogP contribution is 2.17. The second-order valence-electron chi connectivity index (χ2n) is 4.49. The SMILES string of the molecule is CC(C)C(C)C(=O)N1CCOCC1C(=O)O. The molecule has 2 unspecified atom stereocenters. The molecule has 2 atom stereocenters. The van der Waals surface area contributed by atoms with E-state index in [-0.39, 0.29) is 24.3 Å². The highest BCUT2D eigenvalue weighted by molar-refractivity contribution is 5.85. The Morgan fingerprint density at radius 3 is 2.50 bits per heavy atom. The molecule has 0 aromatic carbocycles. The van der Waals surface area contributed by atoms with Crippen LogP contribution < -0.4 is 0 Å². The zero-order valence-electron chi connectivity index (χ0n) is 9.97. The van der Waals surface area contributed by atoms with E-state index in [4.69, 9.17) is 9.84 Å². The first-order valence-electron chi connectivity index (χ1n) is 5.56. The molecule has 0 aromatic rings. The molecule has 0 radical (unpaired) electrons. The number of hydrogen-bond acceptors (Lipinski definition) is 3. The summed E-state index contributed by atoms with van der Waals surface area (Å²) in [4.78, 5) is 24.5. The monoisotopic (exact) mass is 229 g/mol. The lowest BCUT2D eigenvalue weighted by atomic mass is 9.95. The number of nitrogens with zero attached hydrogens (tertiary/aromatic N) is 1. The average Bonchev–Trinajstić information content (AvgIpc) is 2.26. The van der Waals surface area contributed by atoms with Crippen LogP contribution in [-0.4, -0.2) is 47.7 Å². The van der Waals surface area contributed by atoms with Crippen molar-refractivity contribution < 1.29 is 19.4 Å². The number of amides is 1. The van der Waals surface area contributed by atoms with Crippen molar-refractivity contribution >= 4 is 11.9 Å². The normalized spacial score (nSPS) is 23.2. The van der Waals surface area contributed by atoms with E-state index in [2.05, 4.69) is 0 Å². The highest BCUT2D eigenvalue weighted by Gasteiger charge is 2.35. The lowest BCUT2D eigenvalue weighted by Gasteiger charge is -2.35. The molecule has 1 aliphatic rings. The maximum Gasteiger partial charge on any atom is 0.328 e. The molecule has 1 heterocycles. The predicted molar refractivity (Wildman–Crippen MR) is 58.0 cm³/mol. The summed E-state index contributed by atoms with van der Waals surface area (Å²) in [6.45, 7) is 6.62. The van der Waals surface area contributed by atoms with E-state index in [9.17, 15) is 9.59 Å². The highest BCUT2D eigenvalue weighted by atomic mass is 16.5. The fourth-order valence-electron chi connectivity index (χ4n) is 1.62. The number of rotatable bonds is 3. The van der Waals surface area contributed by atoms with Crippen LogP contribution >= 0.6 is 0 Å². The zero-order chi connectivity index (χ0) is 12.3. The number of carboxylic acids is 1. The molecular weight excluding hydrogens is 210 g/mol. The summed E-state index contributed by atoms with van der Waals surface area (Å²) in [5.41, 5.74) is 0. The summed E-state index contributed by atoms with van der Waals surface area (Å²) < 4.78 is 5.09. The molecule has 1 N–H and O–H groups in total. The second kappa shape index (κ2) is 5.30. The van der Waals surface area contributed by atoms with Crippen LogP contribution in [0.25, 0.3) is 0 Å². The molecule has 0 aromatic heterocycles. The Morgan fingerprint density at radius 1 is 1.38 bits per heavy atom. The molecule has 1 aliphatic heterocycles. The number of morpholine rings is 1. The summed E-state index contributed by atoms with van der Waals surface area (Å²) in [5, 5.41) is 9.00. The Morgan fingerprint density at radius 2 is 2.00 bits per heavy atom. The van der Waals surface area contributed by atoms with Crippen LogP contribution in [0.4, 0.5) is 0 Å². The molecule has 1 fully saturated rings. The number of carboxylic acid groups (broad SMARTS) is 1. The van der Waals surface area contributed by atoms with Gasteiger partial charge in [-0.05, 0) is 5.92 Å². The van der Waals surface area contributed by atoms with E-state index in [0.29, 0.717) is 13.2 Å². The molecule has 0 aliphatic carbocycles. The van der Waals surface area contributed by atoms with Crippen LogP contribution in [0.15, 0.2) is 0 Å². The Bertz CT molecular complexity index is 277. The standard InChI is InChI=1S/C11H19NO4/c1-7(2)8(3)10(13)12-4-5-16-6-9(12)11(14)15/h7-9H,4-6H2,1-3H3,(H,14,15). The van der Waals surface area contributed by atoms with Crippen LogP contribution in [-0.2, 0) is 14.3 Å². The third kappa shape index (κ3) is 2.72. The van der Waals surface area contributed by atoms with Gasteiger partial charge in [0.05, 0.1) is 13.2 Å². The molecule has 16 heavy (non-hydrogen) atoms. The van der Waals surface area contributed by atoms with Crippen molar-refractivity contribution in [3.05, 3.63) is 0 Å². The molecule has 5 heteroatoms. The Hall–Kier alpha value is -1.10. The largest absolute Gasteiger partial charge is 0.480 e. The minimum atomic E-state index is -0.996. The zero-order valence-corrected chi connectivity index (χ0v) is 9.97. The van der Waals surface area contributed by atoms with Crippen LogP contribution in [0.2, 0.25) is 0 Å². The third-order valence-corrected chi connectivity index (χ3v) is 3.09. The fourth-order valence-corrected chi connectivity index (χ4v) is 1.62. The van der Waals surface area contributed by atoms with Crippen LogP contribution in [0, 0.1) is 11.8 Å². The molecule has 0 bridgehead atoms. The number of aliphatic carboxylic acids is 1. The van der Waals surface area contributed by atoms with Gasteiger partial charge in [0.1, 0.15) is 0 Å². The second-order valence-corrected chi connectivity index (χ2v) is 4.49. The molecule has 1 amide bonds. The number of hydrogen-bond donors (Lipinski definition) is 1. The van der Waals surface area contributed by atoms with Crippen LogP contribution in [0.1, 0.15) is 20.8 Å². The van der Waals surface area contributed by atoms with Gasteiger partial charge < -0.3 is 14.7 Å². The van der Waals surface area contributed by atoms with Crippen molar-refractivity contribution in [2.24, 2.45) is 11.8 Å². The van der Waals surface area contributed by atoms with Crippen molar-refractivity contribution in [2.75, 3.05) is 19.8 Å². The van der Waals surface area contributed by atoms with Gasteiger partial charge >= 0.3 is 5.97 Å². The maximum atomic E-state index is 12.1. The number of carbonyl (C=O) groups is 2. The summed E-state index contributed by atoms with van der Waals surface area (Å²) in [6.07, 6.45) is 0.